The van der Waals surface area contributed by atoms with Crippen LogP contribution in [0.3, 0.4) is 0 Å². The van der Waals surface area contributed by atoms with Gasteiger partial charge in [0.15, 0.2) is 23.0 Å². The number of hydrogen-bond acceptors (Lipinski definition) is 25. The topological polar surface area (TPSA) is 425 Å². The van der Waals surface area contributed by atoms with Crippen LogP contribution in [0.1, 0.15) is 86.9 Å². The number of hydrogen-bond donors (Lipinski definition) is 9. The van der Waals surface area contributed by atoms with Gasteiger partial charge in [-0.1, -0.05) is 52.0 Å². The second-order valence-electron chi connectivity index (χ2n) is 27.8. The Morgan fingerprint density at radius 3 is 1.71 bits per heavy atom. The number of nitrogens with zero attached hydrogens (tertiary/aromatic N) is 7. The maximum atomic E-state index is 14.4. The van der Waals surface area contributed by atoms with Crippen molar-refractivity contribution in [2.75, 3.05) is 157 Å². The van der Waals surface area contributed by atoms with Gasteiger partial charge in [-0.15, -0.1) is 0 Å². The monoisotopic (exact) mass is 1530 g/mol. The summed E-state index contributed by atoms with van der Waals surface area (Å²) in [7, 11) is 6.46. The average molecular weight is 1530 g/mol. The van der Waals surface area contributed by atoms with E-state index in [2.05, 4.69) is 39.7 Å². The Morgan fingerprint density at radius 1 is 0.596 bits per heavy atom. The van der Waals surface area contributed by atoms with Crippen molar-refractivity contribution in [1.29, 1.82) is 0 Å². The molecule has 109 heavy (non-hydrogen) atoms. The molecular weight excluding hydrogens is 1420 g/mol. The predicted molar refractivity (Wildman–Crippen MR) is 391 cm³/mol. The average Bonchev–Trinajstić information content (AvgIpc) is 1.64. The van der Waals surface area contributed by atoms with Crippen molar-refractivity contribution in [2.24, 2.45) is 11.8 Å². The van der Waals surface area contributed by atoms with Gasteiger partial charge in [-0.25, -0.2) is 0 Å². The van der Waals surface area contributed by atoms with Gasteiger partial charge in [0, 0.05) is 69.5 Å². The van der Waals surface area contributed by atoms with E-state index in [1.807, 2.05) is 13.8 Å². The number of likely N-dealkylation sites (N-methyl/N-ethyl adjacent to an activating group) is 1. The summed E-state index contributed by atoms with van der Waals surface area (Å²) in [6, 6.07) is -0.472. The minimum Gasteiger partial charge on any atom is -0.493 e. The Labute approximate surface area is 632 Å². The molecule has 9 N–H and O–H groups in total. The molecule has 0 aromatic heterocycles. The first-order chi connectivity index (χ1) is 52.1. The second-order valence-corrected chi connectivity index (χ2v) is 27.8. The first-order valence-electron chi connectivity index (χ1n) is 36.4. The molecular formula is C74H104N12O23. The zero-order valence-corrected chi connectivity index (χ0v) is 63.0. The Hall–Kier alpha value is -9.59. The first kappa shape index (κ1) is 85.0. The number of unbranched alkanes of at least 4 members (excludes halogenated alkanes) is 2. The summed E-state index contributed by atoms with van der Waals surface area (Å²) >= 11 is 0. The van der Waals surface area contributed by atoms with Crippen molar-refractivity contribution >= 4 is 76.4 Å². The summed E-state index contributed by atoms with van der Waals surface area (Å²) in [5.41, 5.74) is 2.26. The van der Waals surface area contributed by atoms with Gasteiger partial charge >= 0.3 is 0 Å². The first-order valence-corrected chi connectivity index (χ1v) is 36.4. The molecule has 6 heterocycles. The van der Waals surface area contributed by atoms with Crippen LogP contribution in [0, 0.1) is 11.8 Å². The van der Waals surface area contributed by atoms with Crippen LogP contribution in [-0.4, -0.2) is 312 Å². The third-order valence-corrected chi connectivity index (χ3v) is 19.1. The van der Waals surface area contributed by atoms with Crippen LogP contribution in [0.15, 0.2) is 72.9 Å². The molecule has 6 aliphatic heterocycles. The van der Waals surface area contributed by atoms with Crippen molar-refractivity contribution < 1.29 is 111 Å². The highest BCUT2D eigenvalue weighted by Gasteiger charge is 2.51. The summed E-state index contributed by atoms with van der Waals surface area (Å²) < 4.78 is 45.8. The van der Waals surface area contributed by atoms with Crippen LogP contribution < -0.4 is 55.3 Å². The molecule has 0 spiro atoms. The van der Waals surface area contributed by atoms with Gasteiger partial charge in [-0.3, -0.25) is 67.4 Å². The minimum absolute atomic E-state index is 0.0268. The minimum atomic E-state index is -1.96. The van der Waals surface area contributed by atoms with Crippen LogP contribution in [0.4, 0.5) is 11.4 Å². The number of aliphatic hydroxyl groups is 4. The molecule has 598 valence electrons. The van der Waals surface area contributed by atoms with Gasteiger partial charge < -0.3 is 105 Å². The van der Waals surface area contributed by atoms with E-state index in [0.717, 1.165) is 29.9 Å². The lowest BCUT2D eigenvalue weighted by Gasteiger charge is -2.37. The van der Waals surface area contributed by atoms with E-state index in [-0.39, 0.29) is 176 Å². The summed E-state index contributed by atoms with van der Waals surface area (Å²) in [6.45, 7) is 15.1. The highest BCUT2D eigenvalue weighted by Crippen LogP contribution is 2.44. The number of carbonyl (C=O) groups excluding carboxylic acids is 11. The second kappa shape index (κ2) is 40.2. The molecule has 35 heteroatoms. The number of amides is 11. The normalized spacial score (nSPS) is 19.5. The number of fused-ring (bicyclic) bond motifs is 4. The van der Waals surface area contributed by atoms with Gasteiger partial charge in [-0.05, 0) is 76.2 Å². The molecule has 0 bridgehead atoms. The van der Waals surface area contributed by atoms with Crippen molar-refractivity contribution in [3.8, 4) is 23.0 Å². The number of carbonyl (C=O) groups is 11. The van der Waals surface area contributed by atoms with Crippen LogP contribution in [0.2, 0.25) is 0 Å². The smallest absolute Gasteiger partial charge is 0.256 e. The predicted octanol–water partition coefficient (Wildman–Crippen LogP) is -1.30. The number of aliphatic hydroxyl groups excluding tert-OH is 4. The fourth-order valence-electron chi connectivity index (χ4n) is 13.8. The lowest BCUT2D eigenvalue weighted by molar-refractivity contribution is -0.157. The Kier molecular flexibility index (Phi) is 31.4. The summed E-state index contributed by atoms with van der Waals surface area (Å²) in [5.74, 6) is -7.01. The fourth-order valence-corrected chi connectivity index (χ4v) is 13.8. The lowest BCUT2D eigenvalue weighted by atomic mass is 10.0. The molecule has 2 aromatic rings. The number of nitrogens with one attached hydrogen (secondary N) is 5. The van der Waals surface area contributed by atoms with Crippen LogP contribution in [0.25, 0.3) is 0 Å². The highest BCUT2D eigenvalue weighted by molar-refractivity contribution is 6.16. The van der Waals surface area contributed by atoms with Gasteiger partial charge in [-0.2, -0.15) is 0 Å². The quantitative estimate of drug-likeness (QED) is 0.0212. The SMILES string of the molecule is C=C1C[C@H]2CN(C(=O)CNC(=O)[C@H](C(C)C)N(C)C)c3cc(OCCCCCOc4cc5c(cc4OC)C(=O)N4CC(=C)C[C@H]4[C@H](O)N5C(O)CNC(=O)[C@@H](NC(=O)CCOCCOCCNC(=O)C(C(C(=O)NCCOCCOCCO)N4C(=O)C=CC4O)N4C(=O)C=CC4=O)C(C)C)c(OC)cc3C(=O)N2C1. The zero-order chi connectivity index (χ0) is 79.3. The van der Waals surface area contributed by atoms with Gasteiger partial charge in [0.1, 0.15) is 36.8 Å². The molecule has 4 unspecified atom stereocenters. The van der Waals surface area contributed by atoms with E-state index in [1.54, 1.807) is 49.9 Å². The van der Waals surface area contributed by atoms with E-state index in [4.69, 9.17) is 43.0 Å². The number of imide groups is 1. The molecule has 0 aliphatic carbocycles. The van der Waals surface area contributed by atoms with Crippen molar-refractivity contribution in [3.63, 3.8) is 0 Å². The van der Waals surface area contributed by atoms with Gasteiger partial charge in [0.2, 0.25) is 41.4 Å². The Morgan fingerprint density at radius 2 is 1.15 bits per heavy atom. The van der Waals surface area contributed by atoms with Crippen molar-refractivity contribution in [1.82, 2.24) is 51.1 Å². The molecule has 35 nitrogen and oxygen atoms in total. The highest BCUT2D eigenvalue weighted by atomic mass is 16.5. The largest absolute Gasteiger partial charge is 0.493 e. The molecule has 8 rings (SSSR count). The number of ether oxygens (including phenoxy) is 8. The molecule has 0 radical (unpaired) electrons. The fraction of sp³-hybridized carbons (Fsp3) is 0.581. The maximum Gasteiger partial charge on any atom is 0.256 e. The number of anilines is 2. The van der Waals surface area contributed by atoms with E-state index in [0.29, 0.717) is 59.0 Å². The van der Waals surface area contributed by atoms with Gasteiger partial charge in [0.25, 0.3) is 23.6 Å². The molecule has 11 amide bonds. The lowest BCUT2D eigenvalue weighted by Crippen LogP contribution is -2.66. The van der Waals surface area contributed by atoms with Crippen LogP contribution >= 0.6 is 0 Å². The summed E-state index contributed by atoms with van der Waals surface area (Å²) in [5, 5.41) is 57.1. The molecule has 2 saturated heterocycles. The summed E-state index contributed by atoms with van der Waals surface area (Å²) in [4.78, 5) is 159. The molecule has 9 atom stereocenters. The number of methoxy groups -OCH3 is 2. The molecule has 0 saturated carbocycles. The number of benzene rings is 2. The Bertz CT molecular complexity index is 3690. The Balaban J connectivity index is 0.816. The van der Waals surface area contributed by atoms with E-state index < -0.39 is 115 Å². The molecule has 2 fully saturated rings. The van der Waals surface area contributed by atoms with Crippen LogP contribution in [-0.2, 0) is 62.1 Å². The molecule has 6 aliphatic rings. The van der Waals surface area contributed by atoms with E-state index in [9.17, 15) is 68.1 Å². The third-order valence-electron chi connectivity index (χ3n) is 19.1. The van der Waals surface area contributed by atoms with Gasteiger partial charge in [0.05, 0.1) is 141 Å². The molecule has 2 aromatic carbocycles. The van der Waals surface area contributed by atoms with E-state index in [1.165, 1.54) is 41.1 Å². The van der Waals surface area contributed by atoms with Crippen molar-refractivity contribution in [2.45, 2.75) is 121 Å². The maximum absolute atomic E-state index is 14.4. The number of rotatable bonds is 43. The van der Waals surface area contributed by atoms with Crippen LogP contribution in [0.5, 0.6) is 23.0 Å². The van der Waals surface area contributed by atoms with E-state index >= 15 is 0 Å². The summed E-state index contributed by atoms with van der Waals surface area (Å²) in [6.07, 6.45) is 1.08. The zero-order valence-electron chi connectivity index (χ0n) is 63.0. The standard InChI is InChI=1S/C74H104N12O23/c1-43(2)64(79-57(88)18-24-104-28-29-105-25-19-75-70(97)66(85-58(89)14-15-59(85)90)67(86-60(91)16-17-61(86)92)71(98)76-20-26-106-30-31-107-27-21-87)68(95)77-39-63(94)84-51-37-56(54(103-10)35-49(51)73(100)83-41-46(6)33-52(83)74(84)101)109-23-13-11-12-22-108-55-36-50-48(34-53(55)102-9)72(99)81-40-45(5)32-47(81)42-82(50)62(93)38-78-69(96)65(44(3)4)80(7)8/h14-17,34-37,43-44,47,52,60,63-67,74,87,91,94,101H,5-6,11-13,18-33,38-42H2,1-4,7-10H3,(H,75,97)(H,76,98)(H,77,95)(H,78,96)(H,79,88)/t47-,52-,60?,63?,64-,65-,66?,67?,74-/m0/s1. The third kappa shape index (κ3) is 21.5. The van der Waals surface area contributed by atoms with Crippen molar-refractivity contribution in [3.05, 3.63) is 84.0 Å².